The highest BCUT2D eigenvalue weighted by Gasteiger charge is 2.18. The Hall–Kier alpha value is -2.34. The van der Waals surface area contributed by atoms with E-state index in [1.807, 2.05) is 26.0 Å². The van der Waals surface area contributed by atoms with Crippen LogP contribution >= 0.6 is 0 Å². The first kappa shape index (κ1) is 21.0. The minimum atomic E-state index is -3.79. The van der Waals surface area contributed by atoms with Crippen LogP contribution in [0, 0.1) is 5.92 Å². The third-order valence-corrected chi connectivity index (χ3v) is 5.60. The second-order valence-corrected chi connectivity index (χ2v) is 9.00. The Kier molecular flexibility index (Phi) is 7.02. The summed E-state index contributed by atoms with van der Waals surface area (Å²) in [7, 11) is -3.79. The number of carbonyl (C=O) groups is 1. The topological polar surface area (TPSA) is 75.3 Å². The SMILES string of the molecule is CC(C)CCNC(=O)c1cccc(S(=O)(=O)Nc2ccccc2C(C)C)c1. The average Bonchev–Trinajstić information content (AvgIpc) is 2.61. The Bertz CT molecular complexity index is 890. The van der Waals surface area contributed by atoms with Gasteiger partial charge in [0.25, 0.3) is 15.9 Å². The maximum absolute atomic E-state index is 12.8. The molecule has 2 aromatic rings. The molecular formula is C21H28N2O3S. The van der Waals surface area contributed by atoms with Crippen molar-refractivity contribution in [3.8, 4) is 0 Å². The number of amides is 1. The molecular weight excluding hydrogens is 360 g/mol. The molecule has 27 heavy (non-hydrogen) atoms. The molecule has 0 radical (unpaired) electrons. The molecule has 5 nitrogen and oxygen atoms in total. The number of anilines is 1. The van der Waals surface area contributed by atoms with Crippen molar-refractivity contribution in [3.05, 3.63) is 59.7 Å². The molecule has 0 aliphatic carbocycles. The molecule has 0 saturated carbocycles. The molecule has 0 aliphatic heterocycles. The summed E-state index contributed by atoms with van der Waals surface area (Å²) in [4.78, 5) is 12.3. The zero-order chi connectivity index (χ0) is 20.0. The van der Waals surface area contributed by atoms with E-state index in [1.165, 1.54) is 12.1 Å². The van der Waals surface area contributed by atoms with E-state index in [9.17, 15) is 13.2 Å². The van der Waals surface area contributed by atoms with Crippen molar-refractivity contribution in [3.63, 3.8) is 0 Å². The van der Waals surface area contributed by atoms with E-state index >= 15 is 0 Å². The highest BCUT2D eigenvalue weighted by atomic mass is 32.2. The third-order valence-electron chi connectivity index (χ3n) is 4.24. The molecule has 2 rings (SSSR count). The molecule has 0 atom stereocenters. The van der Waals surface area contributed by atoms with E-state index in [2.05, 4.69) is 23.9 Å². The normalized spacial score (nSPS) is 11.6. The van der Waals surface area contributed by atoms with Crippen molar-refractivity contribution in [1.29, 1.82) is 0 Å². The van der Waals surface area contributed by atoms with Crippen molar-refractivity contribution in [1.82, 2.24) is 5.32 Å². The summed E-state index contributed by atoms with van der Waals surface area (Å²) in [5.74, 6) is 0.402. The number of benzene rings is 2. The van der Waals surface area contributed by atoms with Crippen molar-refractivity contribution in [2.24, 2.45) is 5.92 Å². The summed E-state index contributed by atoms with van der Waals surface area (Å²) in [6.07, 6.45) is 0.872. The zero-order valence-electron chi connectivity index (χ0n) is 16.3. The molecule has 0 fully saturated rings. The lowest BCUT2D eigenvalue weighted by Crippen LogP contribution is -2.25. The highest BCUT2D eigenvalue weighted by molar-refractivity contribution is 7.92. The number of nitrogens with one attached hydrogen (secondary N) is 2. The molecule has 0 unspecified atom stereocenters. The summed E-state index contributed by atoms with van der Waals surface area (Å²) in [6.45, 7) is 8.75. The van der Waals surface area contributed by atoms with Crippen LogP contribution in [0.1, 0.15) is 56.0 Å². The van der Waals surface area contributed by atoms with Crippen molar-refractivity contribution in [2.75, 3.05) is 11.3 Å². The van der Waals surface area contributed by atoms with Gasteiger partial charge in [0, 0.05) is 12.1 Å². The van der Waals surface area contributed by atoms with Crippen molar-refractivity contribution in [2.45, 2.75) is 44.9 Å². The summed E-state index contributed by atoms with van der Waals surface area (Å²) in [5.41, 5.74) is 1.81. The van der Waals surface area contributed by atoms with Crippen molar-refractivity contribution < 1.29 is 13.2 Å². The highest BCUT2D eigenvalue weighted by Crippen LogP contribution is 2.26. The lowest BCUT2D eigenvalue weighted by molar-refractivity contribution is 0.0952. The van der Waals surface area contributed by atoms with Crippen molar-refractivity contribution >= 4 is 21.6 Å². The van der Waals surface area contributed by atoms with Crippen LogP contribution in [0.5, 0.6) is 0 Å². The van der Waals surface area contributed by atoms with Gasteiger partial charge in [0.1, 0.15) is 0 Å². The van der Waals surface area contributed by atoms with Crippen LogP contribution in [0.3, 0.4) is 0 Å². The van der Waals surface area contributed by atoms with Gasteiger partial charge >= 0.3 is 0 Å². The molecule has 0 heterocycles. The summed E-state index contributed by atoms with van der Waals surface area (Å²) in [6, 6.07) is 13.4. The molecule has 0 spiro atoms. The van der Waals surface area contributed by atoms with E-state index in [0.29, 0.717) is 23.7 Å². The number of rotatable bonds is 8. The van der Waals surface area contributed by atoms with Gasteiger partial charge in [-0.15, -0.1) is 0 Å². The largest absolute Gasteiger partial charge is 0.352 e. The van der Waals surface area contributed by atoms with Gasteiger partial charge in [0.05, 0.1) is 10.6 Å². The van der Waals surface area contributed by atoms with Gasteiger partial charge in [-0.3, -0.25) is 9.52 Å². The van der Waals surface area contributed by atoms with Gasteiger partial charge in [0.15, 0.2) is 0 Å². The second-order valence-electron chi connectivity index (χ2n) is 7.31. The first-order valence-corrected chi connectivity index (χ1v) is 10.7. The Morgan fingerprint density at radius 1 is 1.00 bits per heavy atom. The lowest BCUT2D eigenvalue weighted by atomic mass is 10.0. The van der Waals surface area contributed by atoms with Gasteiger partial charge in [-0.1, -0.05) is 52.0 Å². The fourth-order valence-electron chi connectivity index (χ4n) is 2.68. The average molecular weight is 389 g/mol. The van der Waals surface area contributed by atoms with Gasteiger partial charge in [-0.2, -0.15) is 0 Å². The standard InChI is InChI=1S/C21H28N2O3S/c1-15(2)12-13-22-21(24)17-8-7-9-18(14-17)27(25,26)23-20-11-6-5-10-19(20)16(3)4/h5-11,14-16,23H,12-13H2,1-4H3,(H,22,24). The summed E-state index contributed by atoms with van der Waals surface area (Å²) >= 11 is 0. The van der Waals surface area contributed by atoms with Crippen LogP contribution in [0.2, 0.25) is 0 Å². The number of hydrogen-bond acceptors (Lipinski definition) is 3. The van der Waals surface area contributed by atoms with E-state index < -0.39 is 10.0 Å². The second kappa shape index (κ2) is 9.04. The van der Waals surface area contributed by atoms with Crippen LogP contribution < -0.4 is 10.0 Å². The Morgan fingerprint density at radius 2 is 1.70 bits per heavy atom. The fraction of sp³-hybridized carbons (Fsp3) is 0.381. The third kappa shape index (κ3) is 5.82. The molecule has 1 amide bonds. The van der Waals surface area contributed by atoms with Crippen LogP contribution in [-0.4, -0.2) is 20.9 Å². The zero-order valence-corrected chi connectivity index (χ0v) is 17.1. The number of carbonyl (C=O) groups excluding carboxylic acids is 1. The van der Waals surface area contributed by atoms with Crippen LogP contribution in [0.25, 0.3) is 0 Å². The van der Waals surface area contributed by atoms with E-state index in [0.717, 1.165) is 12.0 Å². The molecule has 2 N–H and O–H groups in total. The maximum Gasteiger partial charge on any atom is 0.261 e. The molecule has 0 aromatic heterocycles. The molecule has 6 heteroatoms. The molecule has 0 bridgehead atoms. The van der Waals surface area contributed by atoms with Gasteiger partial charge in [-0.05, 0) is 48.1 Å². The number of hydrogen-bond donors (Lipinski definition) is 2. The van der Waals surface area contributed by atoms with Crippen LogP contribution in [0.15, 0.2) is 53.4 Å². The minimum Gasteiger partial charge on any atom is -0.352 e. The molecule has 2 aromatic carbocycles. The summed E-state index contributed by atoms with van der Waals surface area (Å²) in [5, 5.41) is 2.83. The minimum absolute atomic E-state index is 0.0672. The first-order valence-electron chi connectivity index (χ1n) is 9.20. The van der Waals surface area contributed by atoms with E-state index in [1.54, 1.807) is 24.3 Å². The van der Waals surface area contributed by atoms with E-state index in [-0.39, 0.29) is 16.7 Å². The Balaban J connectivity index is 2.21. The fourth-order valence-corrected chi connectivity index (χ4v) is 3.81. The van der Waals surface area contributed by atoms with Gasteiger partial charge in [-0.25, -0.2) is 8.42 Å². The predicted molar refractivity (Wildman–Crippen MR) is 110 cm³/mol. The monoisotopic (exact) mass is 388 g/mol. The van der Waals surface area contributed by atoms with Crippen LogP contribution in [0.4, 0.5) is 5.69 Å². The molecule has 0 saturated heterocycles. The predicted octanol–water partition coefficient (Wildman–Crippen LogP) is 4.39. The first-order chi connectivity index (χ1) is 12.7. The summed E-state index contributed by atoms with van der Waals surface area (Å²) < 4.78 is 28.3. The maximum atomic E-state index is 12.8. The smallest absolute Gasteiger partial charge is 0.261 e. The van der Waals surface area contributed by atoms with Gasteiger partial charge < -0.3 is 5.32 Å². The molecule has 0 aliphatic rings. The van der Waals surface area contributed by atoms with Gasteiger partial charge in [0.2, 0.25) is 0 Å². The number of para-hydroxylation sites is 1. The Labute approximate surface area is 162 Å². The Morgan fingerprint density at radius 3 is 2.37 bits per heavy atom. The quantitative estimate of drug-likeness (QED) is 0.704. The number of sulfonamides is 1. The van der Waals surface area contributed by atoms with E-state index in [4.69, 9.17) is 0 Å². The molecule has 146 valence electrons. The lowest BCUT2D eigenvalue weighted by Gasteiger charge is -2.15. The van der Waals surface area contributed by atoms with Crippen LogP contribution in [-0.2, 0) is 10.0 Å².